The van der Waals surface area contributed by atoms with Crippen LogP contribution in [-0.2, 0) is 14.3 Å². The number of hydrogen-bond acceptors (Lipinski definition) is 3. The molecule has 49 heavy (non-hydrogen) atoms. The predicted molar refractivity (Wildman–Crippen MR) is 215 cm³/mol. The Labute approximate surface area is 308 Å². The van der Waals surface area contributed by atoms with Crippen molar-refractivity contribution in [1.29, 1.82) is 0 Å². The first-order valence-electron chi connectivity index (χ1n) is 21.9. The Morgan fingerprint density at radius 2 is 0.918 bits per heavy atom. The molecule has 0 aliphatic heterocycles. The number of hydrogen-bond donors (Lipinski definition) is 0. The van der Waals surface area contributed by atoms with Gasteiger partial charge in [-0.25, -0.2) is 0 Å². The molecule has 0 bridgehead atoms. The fourth-order valence-corrected chi connectivity index (χ4v) is 7.77. The number of Topliss-reactive ketones (excluding diaryl/α,β-unsaturated/α-hetero) is 2. The smallest absolute Gasteiger partial charge is 0.189 e. The molecule has 0 heterocycles. The number of likely N-dealkylation sites (N-methyl/N-ethyl adjacent to an activating group) is 1. The number of carbonyl (C=O) groups excluding carboxylic acids is 2. The van der Waals surface area contributed by atoms with Crippen LogP contribution in [-0.4, -0.2) is 49.3 Å². The number of nitrogens with zero attached hydrogens (tertiary/aromatic N) is 1. The Balaban J connectivity index is 5.03. The maximum Gasteiger partial charge on any atom is 0.189 e. The number of unbranched alkanes of at least 4 members (excludes halogenated alkanes) is 21. The summed E-state index contributed by atoms with van der Waals surface area (Å²) in [6, 6.07) is 0.0261. The maximum atomic E-state index is 13.0. The zero-order valence-corrected chi connectivity index (χ0v) is 34.7. The second-order valence-electron chi connectivity index (χ2n) is 16.6. The lowest BCUT2D eigenvalue weighted by Gasteiger charge is -2.35. The van der Waals surface area contributed by atoms with E-state index in [-0.39, 0.29) is 6.04 Å². The van der Waals surface area contributed by atoms with Gasteiger partial charge < -0.3 is 14.0 Å². The highest BCUT2D eigenvalue weighted by Crippen LogP contribution is 2.42. The van der Waals surface area contributed by atoms with E-state index >= 15 is 0 Å². The van der Waals surface area contributed by atoms with Crippen LogP contribution in [0.5, 0.6) is 0 Å². The Bertz CT molecular complexity index is 750. The predicted octanol–water partition coefficient (Wildman–Crippen LogP) is 13.9. The first kappa shape index (κ1) is 48.3. The fraction of sp³-hybridized carbons (Fsp3) is 0.933. The zero-order valence-electron chi connectivity index (χ0n) is 34.7. The third-order valence-corrected chi connectivity index (χ3v) is 11.7. The van der Waals surface area contributed by atoms with Crippen molar-refractivity contribution in [2.75, 3.05) is 27.2 Å². The number of ether oxygens (including phenoxy) is 1. The zero-order chi connectivity index (χ0) is 36.5. The van der Waals surface area contributed by atoms with Gasteiger partial charge in [0, 0.05) is 12.8 Å². The van der Waals surface area contributed by atoms with E-state index in [1.807, 2.05) is 6.92 Å². The Kier molecular flexibility index (Phi) is 32.6. The van der Waals surface area contributed by atoms with Crippen LogP contribution < -0.4 is 0 Å². The number of rotatable bonds is 39. The van der Waals surface area contributed by atoms with Gasteiger partial charge in [-0.15, -0.1) is 0 Å². The van der Waals surface area contributed by atoms with Gasteiger partial charge in [0.1, 0.15) is 18.4 Å². The van der Waals surface area contributed by atoms with Crippen LogP contribution in [0.2, 0.25) is 0 Å². The molecule has 0 saturated carbocycles. The highest BCUT2D eigenvalue weighted by Gasteiger charge is 2.30. The molecular weight excluding hydrogens is 602 g/mol. The monoisotopic (exact) mass is 692 g/mol. The molecular formula is C45H89NO3+. The normalized spacial score (nSPS) is 13.9. The van der Waals surface area contributed by atoms with Gasteiger partial charge >= 0.3 is 0 Å². The molecule has 0 spiro atoms. The molecule has 2 unspecified atom stereocenters. The van der Waals surface area contributed by atoms with Crippen LogP contribution in [0.1, 0.15) is 234 Å². The highest BCUT2D eigenvalue weighted by atomic mass is 16.5. The molecule has 0 aromatic heterocycles. The summed E-state index contributed by atoms with van der Waals surface area (Å²) in [5.41, 5.74) is 0.527. The van der Waals surface area contributed by atoms with Gasteiger partial charge in [-0.1, -0.05) is 162 Å². The van der Waals surface area contributed by atoms with E-state index in [0.29, 0.717) is 28.1 Å². The summed E-state index contributed by atoms with van der Waals surface area (Å²) >= 11 is 0. The Hall–Kier alpha value is -0.740. The summed E-state index contributed by atoms with van der Waals surface area (Å²) in [5, 5.41) is 0. The summed E-state index contributed by atoms with van der Waals surface area (Å²) in [6.07, 6.45) is 40.7. The minimum Gasteiger partial charge on any atom is -0.370 e. The average Bonchev–Trinajstić information content (AvgIpc) is 3.07. The SMILES string of the molecule is C[CH]OCC[N+](C)(C)C(C)C(=O)CCCCCCCC(CCCCCCCCC)(CCCCCCCCCC)CCCCCCCC(C)=O. The van der Waals surface area contributed by atoms with Crippen LogP contribution in [0.4, 0.5) is 0 Å². The van der Waals surface area contributed by atoms with Crippen molar-refractivity contribution in [3.63, 3.8) is 0 Å². The summed E-state index contributed by atoms with van der Waals surface area (Å²) in [4.78, 5) is 24.4. The molecule has 0 N–H and O–H groups in total. The van der Waals surface area contributed by atoms with Crippen LogP contribution >= 0.6 is 0 Å². The summed E-state index contributed by atoms with van der Waals surface area (Å²) < 4.78 is 6.14. The average molecular weight is 692 g/mol. The quantitative estimate of drug-likeness (QED) is 0.0476. The van der Waals surface area contributed by atoms with Gasteiger partial charge in [-0.05, 0) is 64.7 Å². The van der Waals surface area contributed by atoms with E-state index in [1.54, 1.807) is 13.5 Å². The molecule has 1 radical (unpaired) electrons. The van der Waals surface area contributed by atoms with E-state index in [9.17, 15) is 9.59 Å². The van der Waals surface area contributed by atoms with Gasteiger partial charge in [0.2, 0.25) is 0 Å². The molecule has 0 aromatic carbocycles. The molecule has 4 nitrogen and oxygen atoms in total. The Morgan fingerprint density at radius 1 is 0.571 bits per heavy atom. The Morgan fingerprint density at radius 3 is 1.29 bits per heavy atom. The van der Waals surface area contributed by atoms with Crippen LogP contribution in [0.15, 0.2) is 0 Å². The first-order chi connectivity index (χ1) is 23.6. The number of quaternary nitrogens is 1. The molecule has 2 atom stereocenters. The van der Waals surface area contributed by atoms with Crippen molar-refractivity contribution in [1.82, 2.24) is 0 Å². The first-order valence-corrected chi connectivity index (χ1v) is 21.9. The van der Waals surface area contributed by atoms with Crippen molar-refractivity contribution < 1.29 is 18.8 Å². The van der Waals surface area contributed by atoms with Gasteiger partial charge in [-0.2, -0.15) is 0 Å². The van der Waals surface area contributed by atoms with Crippen LogP contribution in [0, 0.1) is 12.0 Å². The van der Waals surface area contributed by atoms with Gasteiger partial charge in [0.25, 0.3) is 0 Å². The second-order valence-corrected chi connectivity index (χ2v) is 16.6. The van der Waals surface area contributed by atoms with E-state index in [1.165, 1.54) is 173 Å². The van der Waals surface area contributed by atoms with E-state index < -0.39 is 0 Å². The third kappa shape index (κ3) is 28.5. The lowest BCUT2D eigenvalue weighted by molar-refractivity contribution is -0.904. The fourth-order valence-electron chi connectivity index (χ4n) is 7.77. The second kappa shape index (κ2) is 33.1. The van der Waals surface area contributed by atoms with E-state index in [0.717, 1.165) is 32.2 Å². The molecule has 0 aliphatic carbocycles. The largest absolute Gasteiger partial charge is 0.370 e. The minimum atomic E-state index is 0.0261. The highest BCUT2D eigenvalue weighted by molar-refractivity contribution is 5.82. The molecule has 291 valence electrons. The number of carbonyl (C=O) groups is 2. The molecule has 0 aromatic rings. The lowest BCUT2D eigenvalue weighted by atomic mass is 9.70. The summed E-state index contributed by atoms with van der Waals surface area (Å²) in [7, 11) is 4.31. The topological polar surface area (TPSA) is 43.4 Å². The number of ketones is 2. The molecule has 4 heteroatoms. The van der Waals surface area contributed by atoms with Crippen LogP contribution in [0.25, 0.3) is 0 Å². The van der Waals surface area contributed by atoms with Gasteiger partial charge in [0.05, 0.1) is 27.3 Å². The third-order valence-electron chi connectivity index (χ3n) is 11.7. The molecule has 0 amide bonds. The van der Waals surface area contributed by atoms with Crippen molar-refractivity contribution in [2.24, 2.45) is 5.41 Å². The van der Waals surface area contributed by atoms with Crippen LogP contribution in [0.3, 0.4) is 0 Å². The van der Waals surface area contributed by atoms with Crippen molar-refractivity contribution in [2.45, 2.75) is 240 Å². The van der Waals surface area contributed by atoms with Gasteiger partial charge in [0.15, 0.2) is 5.78 Å². The summed E-state index contributed by atoms with van der Waals surface area (Å²) in [6.45, 7) is 13.6. The maximum absolute atomic E-state index is 13.0. The van der Waals surface area contributed by atoms with Crippen molar-refractivity contribution in [3.05, 3.63) is 6.61 Å². The minimum absolute atomic E-state index is 0.0261. The molecule has 0 rings (SSSR count). The van der Waals surface area contributed by atoms with E-state index in [4.69, 9.17) is 4.74 Å². The van der Waals surface area contributed by atoms with Crippen molar-refractivity contribution >= 4 is 11.6 Å². The molecule has 0 saturated heterocycles. The summed E-state index contributed by atoms with van der Waals surface area (Å²) in [5.74, 6) is 0.751. The standard InChI is InChI=1S/C45H89NO3/c1-8-11-13-15-17-19-25-31-37-45(36-30-24-18-16-14-12-9-2,38-32-26-20-22-28-34-42(4)47)39-33-27-21-23-29-35-44(48)43(5)46(6,7)40-41-49-10-3/h10,43H,8-9,11-41H2,1-7H3/q+1. The molecule has 0 aliphatic rings. The lowest BCUT2D eigenvalue weighted by Crippen LogP contribution is -2.52. The molecule has 0 fully saturated rings. The van der Waals surface area contributed by atoms with E-state index in [2.05, 4.69) is 34.9 Å². The van der Waals surface area contributed by atoms with Gasteiger partial charge in [-0.3, -0.25) is 4.79 Å². The van der Waals surface area contributed by atoms with Crippen molar-refractivity contribution in [3.8, 4) is 0 Å².